The minimum absolute atomic E-state index is 0.0132. The Morgan fingerprint density at radius 2 is 1.96 bits per heavy atom. The smallest absolute Gasteiger partial charge is 0.410 e. The SMILES string of the molecule is COC(=O)c1cccc(N/C(SC)=C2\CN(C(=O)OC(C)(C)C)CCC2=O)c1. The van der Waals surface area contributed by atoms with Gasteiger partial charge in [-0.25, -0.2) is 9.59 Å². The van der Waals surface area contributed by atoms with Gasteiger partial charge in [0.1, 0.15) is 5.60 Å². The Kier molecular flexibility index (Phi) is 7.12. The third kappa shape index (κ3) is 5.76. The van der Waals surface area contributed by atoms with Crippen LogP contribution in [0.2, 0.25) is 0 Å². The number of hydrogen-bond donors (Lipinski definition) is 1. The van der Waals surface area contributed by atoms with Gasteiger partial charge in [0.15, 0.2) is 5.78 Å². The fraction of sp³-hybridized carbons (Fsp3) is 0.450. The van der Waals surface area contributed by atoms with Crippen molar-refractivity contribution in [3.63, 3.8) is 0 Å². The second kappa shape index (κ2) is 9.14. The number of methoxy groups -OCH3 is 1. The molecule has 1 aromatic rings. The third-order valence-electron chi connectivity index (χ3n) is 3.97. The van der Waals surface area contributed by atoms with E-state index >= 15 is 0 Å². The first kappa shape index (κ1) is 21.8. The molecule has 0 unspecified atom stereocenters. The molecule has 0 atom stereocenters. The minimum Gasteiger partial charge on any atom is -0.465 e. The first-order valence-electron chi connectivity index (χ1n) is 8.88. The van der Waals surface area contributed by atoms with E-state index in [1.165, 1.54) is 23.8 Å². The quantitative estimate of drug-likeness (QED) is 0.603. The maximum Gasteiger partial charge on any atom is 0.410 e. The molecule has 2 rings (SSSR count). The Morgan fingerprint density at radius 1 is 1.25 bits per heavy atom. The van der Waals surface area contributed by atoms with E-state index in [9.17, 15) is 14.4 Å². The molecular weight excluding hydrogens is 380 g/mol. The van der Waals surface area contributed by atoms with Crippen LogP contribution in [-0.4, -0.2) is 54.8 Å². The number of esters is 1. The lowest BCUT2D eigenvalue weighted by molar-refractivity contribution is -0.117. The van der Waals surface area contributed by atoms with Crippen molar-refractivity contribution in [2.24, 2.45) is 0 Å². The number of rotatable bonds is 4. The van der Waals surface area contributed by atoms with E-state index in [0.717, 1.165) is 0 Å². The molecule has 28 heavy (non-hydrogen) atoms. The highest BCUT2D eigenvalue weighted by Gasteiger charge is 2.30. The van der Waals surface area contributed by atoms with Crippen LogP contribution in [0.4, 0.5) is 10.5 Å². The molecule has 1 fully saturated rings. The van der Waals surface area contributed by atoms with Gasteiger partial charge in [0.05, 0.1) is 24.2 Å². The Bertz CT molecular complexity index is 798. The second-order valence-corrected chi connectivity index (χ2v) is 8.10. The van der Waals surface area contributed by atoms with Gasteiger partial charge in [0.25, 0.3) is 0 Å². The third-order valence-corrected chi connectivity index (χ3v) is 4.72. The van der Waals surface area contributed by atoms with Gasteiger partial charge in [-0.05, 0) is 45.2 Å². The number of nitrogens with one attached hydrogen (secondary N) is 1. The number of anilines is 1. The number of carbonyl (C=O) groups is 3. The van der Waals surface area contributed by atoms with Gasteiger partial charge in [0, 0.05) is 24.2 Å². The number of nitrogens with zero attached hydrogens (tertiary/aromatic N) is 1. The maximum absolute atomic E-state index is 12.5. The van der Waals surface area contributed by atoms with E-state index in [0.29, 0.717) is 28.4 Å². The molecule has 0 aromatic heterocycles. The lowest BCUT2D eigenvalue weighted by Crippen LogP contribution is -2.43. The molecule has 0 radical (unpaired) electrons. The van der Waals surface area contributed by atoms with Gasteiger partial charge in [-0.3, -0.25) is 4.79 Å². The molecule has 0 bridgehead atoms. The molecule has 1 amide bonds. The Morgan fingerprint density at radius 3 is 2.57 bits per heavy atom. The summed E-state index contributed by atoms with van der Waals surface area (Å²) < 4.78 is 10.2. The van der Waals surface area contributed by atoms with Gasteiger partial charge in [0.2, 0.25) is 0 Å². The standard InChI is InChI=1S/C20H26N2O5S/c1-20(2,3)27-19(25)22-10-9-16(23)15(12-22)17(28-5)21-14-8-6-7-13(11-14)18(24)26-4/h6-8,11,21H,9-10,12H2,1-5H3/b17-15-. The van der Waals surface area contributed by atoms with E-state index in [2.05, 4.69) is 5.32 Å². The average Bonchev–Trinajstić information content (AvgIpc) is 2.64. The van der Waals surface area contributed by atoms with Gasteiger partial charge in [-0.1, -0.05) is 6.07 Å². The summed E-state index contributed by atoms with van der Waals surface area (Å²) >= 11 is 1.37. The van der Waals surface area contributed by atoms with Gasteiger partial charge < -0.3 is 19.7 Å². The van der Waals surface area contributed by atoms with Crippen LogP contribution in [0.3, 0.4) is 0 Å². The van der Waals surface area contributed by atoms with Crippen molar-refractivity contribution < 1.29 is 23.9 Å². The van der Waals surface area contributed by atoms with E-state index in [1.807, 2.05) is 6.26 Å². The molecule has 152 valence electrons. The lowest BCUT2D eigenvalue weighted by Gasteiger charge is -2.31. The summed E-state index contributed by atoms with van der Waals surface area (Å²) in [6.45, 7) is 5.92. The van der Waals surface area contributed by atoms with Crippen molar-refractivity contribution >= 4 is 35.3 Å². The number of likely N-dealkylation sites (tertiary alicyclic amines) is 1. The van der Waals surface area contributed by atoms with Crippen LogP contribution in [-0.2, 0) is 14.3 Å². The lowest BCUT2D eigenvalue weighted by atomic mass is 10.0. The van der Waals surface area contributed by atoms with Crippen molar-refractivity contribution in [3.05, 3.63) is 40.4 Å². The zero-order chi connectivity index (χ0) is 20.9. The van der Waals surface area contributed by atoms with E-state index < -0.39 is 17.7 Å². The number of benzene rings is 1. The molecule has 0 saturated carbocycles. The zero-order valence-electron chi connectivity index (χ0n) is 16.8. The number of piperidine rings is 1. The van der Waals surface area contributed by atoms with Crippen LogP contribution >= 0.6 is 11.8 Å². The molecule has 7 nitrogen and oxygen atoms in total. The van der Waals surface area contributed by atoms with Gasteiger partial charge in [-0.2, -0.15) is 0 Å². The van der Waals surface area contributed by atoms with Crippen LogP contribution in [0.25, 0.3) is 0 Å². The number of thioether (sulfide) groups is 1. The molecule has 1 heterocycles. The minimum atomic E-state index is -0.600. The maximum atomic E-state index is 12.5. The van der Waals surface area contributed by atoms with E-state index in [1.54, 1.807) is 45.0 Å². The zero-order valence-corrected chi connectivity index (χ0v) is 17.6. The number of ketones is 1. The molecule has 0 spiro atoms. The summed E-state index contributed by atoms with van der Waals surface area (Å²) in [4.78, 5) is 38.1. The van der Waals surface area contributed by atoms with Crippen molar-refractivity contribution in [2.45, 2.75) is 32.8 Å². The molecule has 1 aromatic carbocycles. The first-order valence-corrected chi connectivity index (χ1v) is 10.1. The highest BCUT2D eigenvalue weighted by Crippen LogP contribution is 2.26. The normalized spacial score (nSPS) is 16.5. The van der Waals surface area contributed by atoms with Crippen LogP contribution < -0.4 is 5.32 Å². The van der Waals surface area contributed by atoms with Crippen molar-refractivity contribution in [2.75, 3.05) is 31.8 Å². The first-order chi connectivity index (χ1) is 13.1. The summed E-state index contributed by atoms with van der Waals surface area (Å²) in [6.07, 6.45) is 1.65. The highest BCUT2D eigenvalue weighted by atomic mass is 32.2. The van der Waals surface area contributed by atoms with Crippen molar-refractivity contribution in [3.8, 4) is 0 Å². The summed E-state index contributed by atoms with van der Waals surface area (Å²) in [7, 11) is 1.32. The fourth-order valence-corrected chi connectivity index (χ4v) is 3.29. The Labute approximate surface area is 169 Å². The molecule has 8 heteroatoms. The predicted octanol–water partition coefficient (Wildman–Crippen LogP) is 3.67. The number of ether oxygens (including phenoxy) is 2. The molecule has 0 aliphatic carbocycles. The number of amides is 1. The van der Waals surface area contributed by atoms with Gasteiger partial charge >= 0.3 is 12.1 Å². The topological polar surface area (TPSA) is 84.9 Å². The Balaban J connectivity index is 2.24. The summed E-state index contributed by atoms with van der Waals surface area (Å²) in [5.41, 5.74) is 0.982. The molecule has 1 N–H and O–H groups in total. The summed E-state index contributed by atoms with van der Waals surface area (Å²) in [5.74, 6) is -0.451. The van der Waals surface area contributed by atoms with Crippen LogP contribution in [0, 0.1) is 0 Å². The monoisotopic (exact) mass is 406 g/mol. The Hall–Kier alpha value is -2.48. The predicted molar refractivity (Wildman–Crippen MR) is 109 cm³/mol. The van der Waals surface area contributed by atoms with Crippen LogP contribution in [0.15, 0.2) is 34.9 Å². The number of Topliss-reactive ketones (excluding diaryl/α,β-unsaturated/α-hetero) is 1. The van der Waals surface area contributed by atoms with E-state index in [4.69, 9.17) is 9.47 Å². The second-order valence-electron chi connectivity index (χ2n) is 7.28. The van der Waals surface area contributed by atoms with Crippen LogP contribution in [0.5, 0.6) is 0 Å². The fourth-order valence-electron chi connectivity index (χ4n) is 2.65. The largest absolute Gasteiger partial charge is 0.465 e. The molecular formula is C20H26N2O5S. The van der Waals surface area contributed by atoms with Crippen LogP contribution in [0.1, 0.15) is 37.6 Å². The van der Waals surface area contributed by atoms with Gasteiger partial charge in [-0.15, -0.1) is 11.8 Å². The molecule has 1 aliphatic heterocycles. The summed E-state index contributed by atoms with van der Waals surface area (Å²) in [6, 6.07) is 6.83. The van der Waals surface area contributed by atoms with Crippen molar-refractivity contribution in [1.29, 1.82) is 0 Å². The number of hydrogen-bond acceptors (Lipinski definition) is 7. The molecule has 1 saturated heterocycles. The van der Waals surface area contributed by atoms with E-state index in [-0.39, 0.29) is 18.7 Å². The molecule has 1 aliphatic rings. The number of carbonyl (C=O) groups excluding carboxylic acids is 3. The summed E-state index contributed by atoms with van der Waals surface area (Å²) in [5, 5.41) is 3.83. The highest BCUT2D eigenvalue weighted by molar-refractivity contribution is 8.02. The van der Waals surface area contributed by atoms with Crippen molar-refractivity contribution in [1.82, 2.24) is 4.90 Å². The average molecular weight is 407 g/mol.